The predicted octanol–water partition coefficient (Wildman–Crippen LogP) is -0.138. The lowest BCUT2D eigenvalue weighted by molar-refractivity contribution is -0.448. The highest BCUT2D eigenvalue weighted by atomic mass is 16.1. The van der Waals surface area contributed by atoms with Gasteiger partial charge in [0.05, 0.1) is 6.42 Å². The maximum Gasteiger partial charge on any atom is 0.223 e. The fourth-order valence-corrected chi connectivity index (χ4v) is 0.858. The Morgan fingerprint density at radius 2 is 2.50 bits per heavy atom. The van der Waals surface area contributed by atoms with E-state index in [2.05, 4.69) is 0 Å². The molecule has 0 bridgehead atoms. The topological polar surface area (TPSA) is 46.1 Å². The second-order valence-electron chi connectivity index (χ2n) is 2.26. The van der Waals surface area contributed by atoms with E-state index in [0.717, 1.165) is 6.42 Å². The third kappa shape index (κ3) is 2.01. The van der Waals surface area contributed by atoms with E-state index < -0.39 is 0 Å². The lowest BCUT2D eigenvalue weighted by atomic mass is 10.4. The van der Waals surface area contributed by atoms with Crippen LogP contribution in [0.3, 0.4) is 0 Å². The van der Waals surface area contributed by atoms with Gasteiger partial charge in [0.25, 0.3) is 0 Å². The molecule has 1 aliphatic heterocycles. The molecule has 0 radical (unpaired) electrons. The zero-order chi connectivity index (χ0) is 7.40. The second-order valence-corrected chi connectivity index (χ2v) is 2.26. The molecule has 0 aromatic heterocycles. The van der Waals surface area contributed by atoms with E-state index in [9.17, 15) is 4.79 Å². The highest BCUT2D eigenvalue weighted by Gasteiger charge is 2.05. The van der Waals surface area contributed by atoms with Gasteiger partial charge in [-0.15, -0.1) is 0 Å². The molecule has 2 N–H and O–H groups in total. The fourth-order valence-electron chi connectivity index (χ4n) is 0.858. The first-order valence-electron chi connectivity index (χ1n) is 3.33. The first kappa shape index (κ1) is 6.99. The van der Waals surface area contributed by atoms with Crippen molar-refractivity contribution in [2.24, 2.45) is 5.73 Å². The largest absolute Gasteiger partial charge is 0.369 e. The number of primary amides is 1. The second kappa shape index (κ2) is 3.15. The van der Waals surface area contributed by atoms with Gasteiger partial charge in [0, 0.05) is 6.42 Å². The molecular formula is C7H11N2O+. The van der Waals surface area contributed by atoms with Crippen LogP contribution in [0.5, 0.6) is 0 Å². The summed E-state index contributed by atoms with van der Waals surface area (Å²) >= 11 is 0. The summed E-state index contributed by atoms with van der Waals surface area (Å²) in [7, 11) is 0. The lowest BCUT2D eigenvalue weighted by Gasteiger charge is -1.90. The summed E-state index contributed by atoms with van der Waals surface area (Å²) < 4.78 is 1.98. The van der Waals surface area contributed by atoms with Gasteiger partial charge in [0.15, 0.2) is 12.7 Å². The van der Waals surface area contributed by atoms with Crippen LogP contribution in [0, 0.1) is 0 Å². The zero-order valence-corrected chi connectivity index (χ0v) is 5.79. The number of carbonyl (C=O) groups is 1. The van der Waals surface area contributed by atoms with Crippen molar-refractivity contribution in [1.29, 1.82) is 0 Å². The molecule has 0 fully saturated rings. The van der Waals surface area contributed by atoms with E-state index in [0.29, 0.717) is 13.0 Å². The zero-order valence-electron chi connectivity index (χ0n) is 5.79. The molecule has 1 amide bonds. The minimum absolute atomic E-state index is 0.242. The van der Waals surface area contributed by atoms with Crippen LogP contribution in [-0.2, 0) is 4.79 Å². The highest BCUT2D eigenvalue weighted by Crippen LogP contribution is 1.92. The Balaban J connectivity index is 2.26. The number of nitrogens with zero attached hydrogens (tertiary/aromatic N) is 1. The molecule has 0 saturated carbocycles. The Morgan fingerprint density at radius 3 is 3.00 bits per heavy atom. The number of allylic oxidation sites excluding steroid dienone is 1. The van der Waals surface area contributed by atoms with Gasteiger partial charge in [0.1, 0.15) is 6.21 Å². The van der Waals surface area contributed by atoms with Gasteiger partial charge < -0.3 is 5.73 Å². The lowest BCUT2D eigenvalue weighted by Crippen LogP contribution is -2.16. The number of carbonyl (C=O) groups excluding carboxylic acids is 1. The van der Waals surface area contributed by atoms with E-state index in [1.807, 2.05) is 23.1 Å². The Hall–Kier alpha value is -1.12. The van der Waals surface area contributed by atoms with E-state index >= 15 is 0 Å². The molecule has 0 spiro atoms. The van der Waals surface area contributed by atoms with E-state index in [-0.39, 0.29) is 5.91 Å². The SMILES string of the molecule is NC(=O)CC[N+]1=CCC=C1. The van der Waals surface area contributed by atoms with Gasteiger partial charge in [-0.1, -0.05) is 0 Å². The summed E-state index contributed by atoms with van der Waals surface area (Å²) in [5.74, 6) is -0.242. The van der Waals surface area contributed by atoms with Gasteiger partial charge in [-0.25, -0.2) is 4.58 Å². The quantitative estimate of drug-likeness (QED) is 0.543. The van der Waals surface area contributed by atoms with E-state index in [1.54, 1.807) is 0 Å². The van der Waals surface area contributed by atoms with Crippen molar-refractivity contribution in [2.75, 3.05) is 6.54 Å². The third-order valence-corrected chi connectivity index (χ3v) is 1.39. The van der Waals surface area contributed by atoms with Crippen LogP contribution in [0.4, 0.5) is 0 Å². The van der Waals surface area contributed by atoms with Crippen LogP contribution in [0.15, 0.2) is 12.3 Å². The van der Waals surface area contributed by atoms with Gasteiger partial charge in [-0.3, -0.25) is 4.79 Å². The molecule has 1 heterocycles. The molecule has 1 aliphatic rings. The molecular weight excluding hydrogens is 128 g/mol. The maximum atomic E-state index is 10.3. The monoisotopic (exact) mass is 139 g/mol. The third-order valence-electron chi connectivity index (χ3n) is 1.39. The fraction of sp³-hybridized carbons (Fsp3) is 0.429. The summed E-state index contributed by atoms with van der Waals surface area (Å²) in [5.41, 5.74) is 4.97. The Kier molecular flexibility index (Phi) is 2.20. The molecule has 0 atom stereocenters. The van der Waals surface area contributed by atoms with Gasteiger partial charge >= 0.3 is 0 Å². The van der Waals surface area contributed by atoms with Crippen LogP contribution in [0.1, 0.15) is 12.8 Å². The minimum Gasteiger partial charge on any atom is -0.369 e. The van der Waals surface area contributed by atoms with Crippen molar-refractivity contribution in [2.45, 2.75) is 12.8 Å². The van der Waals surface area contributed by atoms with E-state index in [4.69, 9.17) is 5.73 Å². The number of amides is 1. The molecule has 10 heavy (non-hydrogen) atoms. The van der Waals surface area contributed by atoms with Crippen LogP contribution >= 0.6 is 0 Å². The number of rotatable bonds is 3. The van der Waals surface area contributed by atoms with Gasteiger partial charge in [-0.2, -0.15) is 0 Å². The first-order valence-corrected chi connectivity index (χ1v) is 3.33. The van der Waals surface area contributed by atoms with E-state index in [1.165, 1.54) is 0 Å². The predicted molar refractivity (Wildman–Crippen MR) is 38.8 cm³/mol. The van der Waals surface area contributed by atoms with Crippen LogP contribution in [0.2, 0.25) is 0 Å². The number of hydrogen-bond donors (Lipinski definition) is 1. The Morgan fingerprint density at radius 1 is 1.70 bits per heavy atom. The normalized spacial score (nSPS) is 15.4. The molecule has 0 aromatic carbocycles. The molecule has 0 aliphatic carbocycles. The van der Waals surface area contributed by atoms with Crippen molar-refractivity contribution >= 4 is 12.1 Å². The minimum atomic E-state index is -0.242. The molecule has 54 valence electrons. The standard InChI is InChI=1S/C7H10N2O/c8-7(10)3-6-9-4-1-2-5-9/h1,4-5H,2-3,6H2,(H-,8,10)/p+1. The first-order chi connectivity index (χ1) is 4.79. The molecule has 0 unspecified atom stereocenters. The molecule has 0 saturated heterocycles. The number of hydrogen-bond acceptors (Lipinski definition) is 1. The van der Waals surface area contributed by atoms with Crippen LogP contribution < -0.4 is 5.73 Å². The van der Waals surface area contributed by atoms with Crippen molar-refractivity contribution in [3.63, 3.8) is 0 Å². The molecule has 3 nitrogen and oxygen atoms in total. The summed E-state index contributed by atoms with van der Waals surface area (Å²) in [6, 6.07) is 0. The van der Waals surface area contributed by atoms with Crippen molar-refractivity contribution in [1.82, 2.24) is 0 Å². The Labute approximate surface area is 59.8 Å². The molecule has 0 aromatic rings. The van der Waals surface area contributed by atoms with Crippen molar-refractivity contribution in [3.8, 4) is 0 Å². The molecule has 1 rings (SSSR count). The van der Waals surface area contributed by atoms with Gasteiger partial charge in [-0.05, 0) is 6.08 Å². The van der Waals surface area contributed by atoms with Crippen molar-refractivity contribution < 1.29 is 9.37 Å². The summed E-state index contributed by atoms with van der Waals surface area (Å²) in [6.45, 7) is 0.714. The highest BCUT2D eigenvalue weighted by molar-refractivity contribution is 5.73. The Bertz CT molecular complexity index is 194. The smallest absolute Gasteiger partial charge is 0.223 e. The van der Waals surface area contributed by atoms with Crippen molar-refractivity contribution in [3.05, 3.63) is 12.3 Å². The average Bonchev–Trinajstić information content (AvgIpc) is 2.34. The van der Waals surface area contributed by atoms with Crippen LogP contribution in [-0.4, -0.2) is 23.2 Å². The number of nitrogens with two attached hydrogens (primary N) is 1. The summed E-state index contributed by atoms with van der Waals surface area (Å²) in [6.07, 6.45) is 7.44. The van der Waals surface area contributed by atoms with Gasteiger partial charge in [0.2, 0.25) is 5.91 Å². The average molecular weight is 139 g/mol. The van der Waals surface area contributed by atoms with Crippen LogP contribution in [0.25, 0.3) is 0 Å². The summed E-state index contributed by atoms with van der Waals surface area (Å²) in [4.78, 5) is 10.3. The molecule has 3 heteroatoms. The summed E-state index contributed by atoms with van der Waals surface area (Å²) in [5, 5.41) is 0. The maximum absolute atomic E-state index is 10.3.